The van der Waals surface area contributed by atoms with Crippen LogP contribution in [0.3, 0.4) is 0 Å². The number of benzene rings is 4. The molecule has 0 spiro atoms. The summed E-state index contributed by atoms with van der Waals surface area (Å²) in [5.41, 5.74) is 6.62. The van der Waals surface area contributed by atoms with Crippen LogP contribution in [0, 0.1) is 23.2 Å². The van der Waals surface area contributed by atoms with Crippen LogP contribution in [-0.2, 0) is 12.8 Å². The zero-order valence-corrected chi connectivity index (χ0v) is 20.2. The number of nitrogens with zero attached hydrogens (tertiary/aromatic N) is 4. The van der Waals surface area contributed by atoms with Crippen molar-refractivity contribution in [3.63, 3.8) is 0 Å². The fraction of sp³-hybridized carbons (Fsp3) is 0.0625. The van der Waals surface area contributed by atoms with Gasteiger partial charge < -0.3 is 9.80 Å². The number of hydrogen-bond donors (Lipinski definition) is 0. The summed E-state index contributed by atoms with van der Waals surface area (Å²) in [5.74, 6) is -2.07. The van der Waals surface area contributed by atoms with Crippen LogP contribution in [0.15, 0.2) is 97.1 Å². The maximum Gasteiger partial charge on any atom is 0.241 e. The number of halogens is 2. The molecule has 4 nitrogen and oxygen atoms in total. The summed E-state index contributed by atoms with van der Waals surface area (Å²) >= 11 is 0. The van der Waals surface area contributed by atoms with E-state index in [1.807, 2.05) is 97.1 Å². The Morgan fingerprint density at radius 3 is 1.18 bits per heavy atom. The van der Waals surface area contributed by atoms with Gasteiger partial charge >= 0.3 is 0 Å². The van der Waals surface area contributed by atoms with E-state index in [1.165, 1.54) is 0 Å². The molecule has 38 heavy (non-hydrogen) atoms. The maximum absolute atomic E-state index is 15.8. The molecule has 2 aliphatic rings. The fourth-order valence-corrected chi connectivity index (χ4v) is 5.69. The molecular weight excluding hydrogens is 478 g/mol. The van der Waals surface area contributed by atoms with Gasteiger partial charge in [-0.1, -0.05) is 72.8 Å². The lowest BCUT2D eigenvalue weighted by Gasteiger charge is -2.37. The molecule has 3 heterocycles. The number of pyridine rings is 1. The molecule has 0 N–H and O–H groups in total. The fourth-order valence-electron chi connectivity index (χ4n) is 5.69. The SMILES string of the molecule is N#Cc1c(N2c3ccccc3Cc3ccccc32)c(F)nc(F)c1N1c2ccccc2Cc2ccccc21. The number of rotatable bonds is 2. The zero-order chi connectivity index (χ0) is 25.8. The number of anilines is 6. The molecule has 0 bridgehead atoms. The molecule has 4 aromatic carbocycles. The standard InChI is InChI=1S/C32H20F2N4/c33-31-29(37-25-13-5-1-9-20(25)17-21-10-2-6-14-26(21)37)24(19-35)30(32(34)36-31)38-27-15-7-3-11-22(27)18-23-12-4-8-16-28(23)38/h1-16H,17-18H2. The van der Waals surface area contributed by atoms with E-state index < -0.39 is 11.9 Å². The van der Waals surface area contributed by atoms with Crippen LogP contribution >= 0.6 is 0 Å². The minimum atomic E-state index is -1.03. The highest BCUT2D eigenvalue weighted by Gasteiger charge is 2.35. The molecule has 0 saturated heterocycles. The first-order valence-electron chi connectivity index (χ1n) is 12.4. The average molecular weight is 499 g/mol. The Bertz CT molecular complexity index is 1580. The topological polar surface area (TPSA) is 43.2 Å². The largest absolute Gasteiger partial charge is 0.305 e. The van der Waals surface area contributed by atoms with Gasteiger partial charge in [0.1, 0.15) is 23.0 Å². The molecule has 182 valence electrons. The van der Waals surface area contributed by atoms with Gasteiger partial charge in [-0.2, -0.15) is 19.0 Å². The van der Waals surface area contributed by atoms with Gasteiger partial charge in [-0.05, 0) is 46.5 Å². The van der Waals surface area contributed by atoms with Crippen molar-refractivity contribution in [1.82, 2.24) is 4.98 Å². The van der Waals surface area contributed by atoms with Crippen molar-refractivity contribution in [3.05, 3.63) is 137 Å². The minimum absolute atomic E-state index is 0.0657. The molecule has 7 rings (SSSR count). The normalized spacial score (nSPS) is 13.2. The van der Waals surface area contributed by atoms with Crippen molar-refractivity contribution in [2.75, 3.05) is 9.80 Å². The van der Waals surface area contributed by atoms with E-state index in [4.69, 9.17) is 0 Å². The molecule has 0 radical (unpaired) electrons. The van der Waals surface area contributed by atoms with E-state index in [0.717, 1.165) is 45.0 Å². The molecule has 0 unspecified atom stereocenters. The van der Waals surface area contributed by atoms with Gasteiger partial charge in [-0.25, -0.2) is 0 Å². The van der Waals surface area contributed by atoms with Gasteiger partial charge in [0.2, 0.25) is 11.9 Å². The Labute approximate surface area is 218 Å². The molecule has 2 aliphatic heterocycles. The Hall–Kier alpha value is -5.02. The molecule has 0 fully saturated rings. The van der Waals surface area contributed by atoms with Crippen molar-refractivity contribution in [1.29, 1.82) is 5.26 Å². The first-order valence-corrected chi connectivity index (χ1v) is 12.4. The lowest BCUT2D eigenvalue weighted by Crippen LogP contribution is -2.25. The highest BCUT2D eigenvalue weighted by molar-refractivity contribution is 5.92. The summed E-state index contributed by atoms with van der Waals surface area (Å²) < 4.78 is 31.7. The van der Waals surface area contributed by atoms with Crippen LogP contribution in [0.2, 0.25) is 0 Å². The maximum atomic E-state index is 15.8. The highest BCUT2D eigenvalue weighted by Crippen LogP contribution is 2.51. The second-order valence-corrected chi connectivity index (χ2v) is 9.42. The Morgan fingerprint density at radius 1 is 0.553 bits per heavy atom. The lowest BCUT2D eigenvalue weighted by atomic mass is 9.93. The highest BCUT2D eigenvalue weighted by atomic mass is 19.1. The molecule has 5 aromatic rings. The summed E-state index contributed by atoms with van der Waals surface area (Å²) in [6.45, 7) is 0. The Kier molecular flexibility index (Phi) is 4.98. The van der Waals surface area contributed by atoms with Crippen LogP contribution < -0.4 is 9.80 Å². The van der Waals surface area contributed by atoms with E-state index in [9.17, 15) is 5.26 Å². The molecular formula is C32H20F2N4. The van der Waals surface area contributed by atoms with Crippen molar-refractivity contribution in [3.8, 4) is 6.07 Å². The van der Waals surface area contributed by atoms with Gasteiger partial charge in [0.25, 0.3) is 0 Å². The van der Waals surface area contributed by atoms with Gasteiger partial charge in [0, 0.05) is 35.6 Å². The van der Waals surface area contributed by atoms with E-state index in [2.05, 4.69) is 11.1 Å². The van der Waals surface area contributed by atoms with Crippen LogP contribution in [0.5, 0.6) is 0 Å². The number of aromatic nitrogens is 1. The monoisotopic (exact) mass is 498 g/mol. The first-order chi connectivity index (χ1) is 18.7. The summed E-state index contributed by atoms with van der Waals surface area (Å²) in [6.07, 6.45) is 1.33. The van der Waals surface area contributed by atoms with E-state index in [-0.39, 0.29) is 16.9 Å². The van der Waals surface area contributed by atoms with Gasteiger partial charge in [-0.3, -0.25) is 0 Å². The third-order valence-corrected chi connectivity index (χ3v) is 7.31. The van der Waals surface area contributed by atoms with Crippen LogP contribution in [0.25, 0.3) is 0 Å². The molecule has 0 aliphatic carbocycles. The summed E-state index contributed by atoms with van der Waals surface area (Å²) in [7, 11) is 0. The summed E-state index contributed by atoms with van der Waals surface area (Å²) in [6, 6.07) is 32.9. The number of fused-ring (bicyclic) bond motifs is 4. The molecule has 6 heteroatoms. The molecule has 0 amide bonds. The predicted molar refractivity (Wildman–Crippen MR) is 144 cm³/mol. The van der Waals surface area contributed by atoms with Crippen molar-refractivity contribution in [2.24, 2.45) is 0 Å². The number of nitriles is 1. The van der Waals surface area contributed by atoms with E-state index in [1.54, 1.807) is 9.80 Å². The lowest BCUT2D eigenvalue weighted by molar-refractivity contribution is 0.514. The second-order valence-electron chi connectivity index (χ2n) is 9.42. The van der Waals surface area contributed by atoms with E-state index >= 15 is 8.78 Å². The minimum Gasteiger partial charge on any atom is -0.305 e. The first kappa shape index (κ1) is 22.2. The van der Waals surface area contributed by atoms with E-state index in [0.29, 0.717) is 12.8 Å². The number of para-hydroxylation sites is 4. The summed E-state index contributed by atoms with van der Waals surface area (Å²) in [5, 5.41) is 10.5. The van der Waals surface area contributed by atoms with Crippen LogP contribution in [0.1, 0.15) is 27.8 Å². The number of hydrogen-bond acceptors (Lipinski definition) is 4. The third-order valence-electron chi connectivity index (χ3n) is 7.31. The van der Waals surface area contributed by atoms with Gasteiger partial charge in [0.05, 0.1) is 0 Å². The van der Waals surface area contributed by atoms with Crippen molar-refractivity contribution < 1.29 is 8.78 Å². The van der Waals surface area contributed by atoms with Crippen LogP contribution in [-0.4, -0.2) is 4.98 Å². The quantitative estimate of drug-likeness (QED) is 0.227. The van der Waals surface area contributed by atoms with Gasteiger partial charge in [-0.15, -0.1) is 0 Å². The average Bonchev–Trinajstić information content (AvgIpc) is 2.95. The van der Waals surface area contributed by atoms with Crippen LogP contribution in [0.4, 0.5) is 42.9 Å². The molecule has 0 saturated carbocycles. The van der Waals surface area contributed by atoms with Crippen molar-refractivity contribution >= 4 is 34.1 Å². The van der Waals surface area contributed by atoms with Crippen molar-refractivity contribution in [2.45, 2.75) is 12.8 Å². The molecule has 0 atom stereocenters. The van der Waals surface area contributed by atoms with Gasteiger partial charge in [0.15, 0.2) is 0 Å². The zero-order valence-electron chi connectivity index (χ0n) is 20.2. The third kappa shape index (κ3) is 3.22. The smallest absolute Gasteiger partial charge is 0.241 e. The summed E-state index contributed by atoms with van der Waals surface area (Å²) in [4.78, 5) is 7.17. The Morgan fingerprint density at radius 2 is 0.868 bits per heavy atom. The Balaban J connectivity index is 1.55. The molecule has 1 aromatic heterocycles. The predicted octanol–water partition coefficient (Wildman–Crippen LogP) is 7.98. The second kappa shape index (κ2) is 8.53.